The third-order valence-corrected chi connectivity index (χ3v) is 12.0. The maximum absolute atomic E-state index is 5.24. The highest BCUT2D eigenvalue weighted by molar-refractivity contribution is 5.87. The molecule has 5 heteroatoms. The van der Waals surface area contributed by atoms with Gasteiger partial charge in [-0.25, -0.2) is 9.67 Å². The average Bonchev–Trinajstić information content (AvgIpc) is 3.68. The van der Waals surface area contributed by atoms with Crippen LogP contribution in [0, 0.1) is 0 Å². The number of fused-ring (bicyclic) bond motifs is 4. The first kappa shape index (κ1) is 33.1. The number of nitrogens with zero attached hydrogens (tertiary/aromatic N) is 5. The molecule has 0 bridgehead atoms. The molecule has 0 radical (unpaired) electrons. The lowest BCUT2D eigenvalue weighted by Crippen LogP contribution is -2.30. The predicted octanol–water partition coefficient (Wildman–Crippen LogP) is 12.8. The molecule has 0 saturated heterocycles. The van der Waals surface area contributed by atoms with Crippen LogP contribution in [0.3, 0.4) is 0 Å². The van der Waals surface area contributed by atoms with Crippen LogP contribution in [-0.4, -0.2) is 14.8 Å². The van der Waals surface area contributed by atoms with Crippen LogP contribution >= 0.6 is 0 Å². The Bertz CT molecular complexity index is 2540. The monoisotopic (exact) mass is 713 g/mol. The van der Waals surface area contributed by atoms with Crippen molar-refractivity contribution in [3.8, 4) is 17.1 Å². The van der Waals surface area contributed by atoms with Gasteiger partial charge in [0.25, 0.3) is 0 Å². The number of benzene rings is 6. The number of aromatic nitrogens is 3. The summed E-state index contributed by atoms with van der Waals surface area (Å²) < 4.78 is 2.04. The average molecular weight is 714 g/mol. The highest BCUT2D eigenvalue weighted by atomic mass is 15.4. The molecular weight excluding hydrogens is 671 g/mol. The summed E-state index contributed by atoms with van der Waals surface area (Å²) in [7, 11) is 0. The summed E-state index contributed by atoms with van der Waals surface area (Å²) >= 11 is 0. The fraction of sp³-hybridized carbons (Fsp3) is 0.160. The molecule has 1 atom stereocenters. The molecule has 3 aliphatic rings. The molecule has 0 fully saturated rings. The largest absolute Gasteiger partial charge is 0.310 e. The second kappa shape index (κ2) is 12.6. The van der Waals surface area contributed by atoms with Crippen LogP contribution in [0.4, 0.5) is 34.1 Å². The molecule has 3 heterocycles. The molecule has 0 spiro atoms. The van der Waals surface area contributed by atoms with Gasteiger partial charge in [0, 0.05) is 33.7 Å². The van der Waals surface area contributed by atoms with Gasteiger partial charge < -0.3 is 9.80 Å². The highest BCUT2D eigenvalue weighted by Crippen LogP contribution is 2.53. The standard InChI is InChI=1S/C50H43N5/c1-49(2)39-18-8-12-22-43(39)53(44-23-13-9-19-40(44)49)36-28-26-34(27-29-36)47-51-48(35-16-6-5-7-17-35)55(52-47)38-32-30-37(31-33-38)54-45-24-14-10-20-41(45)50(3,4)42-21-11-15-25-46(42)54/h5-16,18-33,35H,17H2,1-4H3. The second-order valence-corrected chi connectivity index (χ2v) is 15.9. The number of anilines is 6. The van der Waals surface area contributed by atoms with Crippen LogP contribution in [0.1, 0.15) is 68.1 Å². The van der Waals surface area contributed by atoms with Gasteiger partial charge in [0.1, 0.15) is 5.82 Å². The lowest BCUT2D eigenvalue weighted by Gasteiger charge is -2.42. The van der Waals surface area contributed by atoms with E-state index in [9.17, 15) is 0 Å². The zero-order valence-electron chi connectivity index (χ0n) is 31.7. The van der Waals surface area contributed by atoms with E-state index in [4.69, 9.17) is 10.1 Å². The SMILES string of the molecule is CC1(C)c2ccccc2N(c2ccc(-c3nc(C4C=CC=CC4)n(-c4ccc(N5c6ccccc6C(C)(C)c6ccccc65)cc4)n3)cc2)c2ccccc21. The maximum atomic E-state index is 5.24. The molecule has 0 N–H and O–H groups in total. The molecule has 55 heavy (non-hydrogen) atoms. The van der Waals surface area contributed by atoms with Crippen molar-refractivity contribution >= 4 is 34.1 Å². The van der Waals surface area contributed by atoms with Crippen LogP contribution in [0.2, 0.25) is 0 Å². The van der Waals surface area contributed by atoms with Crippen molar-refractivity contribution in [1.82, 2.24) is 14.8 Å². The van der Waals surface area contributed by atoms with Gasteiger partial charge in [0.2, 0.25) is 0 Å². The summed E-state index contributed by atoms with van der Waals surface area (Å²) in [5.74, 6) is 1.78. The topological polar surface area (TPSA) is 37.2 Å². The number of allylic oxidation sites excluding steroid dienone is 4. The van der Waals surface area contributed by atoms with Gasteiger partial charge in [-0.2, -0.15) is 0 Å². The zero-order chi connectivity index (χ0) is 37.3. The first-order chi connectivity index (χ1) is 26.8. The Morgan fingerprint density at radius 1 is 0.491 bits per heavy atom. The highest BCUT2D eigenvalue weighted by Gasteiger charge is 2.38. The van der Waals surface area contributed by atoms with E-state index >= 15 is 0 Å². The summed E-state index contributed by atoms with van der Waals surface area (Å²) in [5.41, 5.74) is 14.1. The zero-order valence-corrected chi connectivity index (χ0v) is 31.7. The number of hydrogen-bond donors (Lipinski definition) is 0. The Morgan fingerprint density at radius 3 is 1.35 bits per heavy atom. The van der Waals surface area contributed by atoms with Gasteiger partial charge in [-0.05, 0) is 101 Å². The van der Waals surface area contributed by atoms with Crippen molar-refractivity contribution in [3.05, 3.63) is 198 Å². The summed E-state index contributed by atoms with van der Waals surface area (Å²) in [5, 5.41) is 5.21. The first-order valence-corrected chi connectivity index (χ1v) is 19.3. The van der Waals surface area contributed by atoms with E-state index in [0.717, 1.165) is 40.7 Å². The van der Waals surface area contributed by atoms with Crippen molar-refractivity contribution < 1.29 is 0 Å². The molecule has 268 valence electrons. The molecule has 7 aromatic rings. The quantitative estimate of drug-likeness (QED) is 0.178. The minimum Gasteiger partial charge on any atom is -0.310 e. The predicted molar refractivity (Wildman–Crippen MR) is 226 cm³/mol. The molecule has 1 aromatic heterocycles. The van der Waals surface area contributed by atoms with Crippen LogP contribution in [-0.2, 0) is 10.8 Å². The number of rotatable bonds is 5. The number of para-hydroxylation sites is 4. The van der Waals surface area contributed by atoms with Crippen LogP contribution in [0.15, 0.2) is 170 Å². The molecule has 10 rings (SSSR count). The van der Waals surface area contributed by atoms with E-state index in [1.54, 1.807) is 0 Å². The van der Waals surface area contributed by atoms with Crippen LogP contribution in [0.25, 0.3) is 17.1 Å². The van der Waals surface area contributed by atoms with E-state index in [1.165, 1.54) is 45.0 Å². The van der Waals surface area contributed by atoms with Crippen molar-refractivity contribution in [2.24, 2.45) is 0 Å². The molecule has 1 aliphatic carbocycles. The molecular formula is C50H43N5. The lowest BCUT2D eigenvalue weighted by atomic mass is 9.73. The fourth-order valence-electron chi connectivity index (χ4n) is 9.05. The molecule has 0 saturated carbocycles. The molecule has 1 unspecified atom stereocenters. The van der Waals surface area contributed by atoms with E-state index in [1.807, 2.05) is 4.68 Å². The van der Waals surface area contributed by atoms with E-state index in [2.05, 4.69) is 207 Å². The molecule has 5 nitrogen and oxygen atoms in total. The molecule has 0 amide bonds. The first-order valence-electron chi connectivity index (χ1n) is 19.3. The van der Waals surface area contributed by atoms with Gasteiger partial charge in [-0.3, -0.25) is 0 Å². The summed E-state index contributed by atoms with van der Waals surface area (Å²) in [4.78, 5) is 10.0. The summed E-state index contributed by atoms with van der Waals surface area (Å²) in [6, 6.07) is 52.6. The maximum Gasteiger partial charge on any atom is 0.181 e. The van der Waals surface area contributed by atoms with E-state index < -0.39 is 0 Å². The summed E-state index contributed by atoms with van der Waals surface area (Å²) in [6.45, 7) is 9.29. The Kier molecular flexibility index (Phi) is 7.57. The second-order valence-electron chi connectivity index (χ2n) is 15.9. The molecule has 6 aromatic carbocycles. The Morgan fingerprint density at radius 2 is 0.909 bits per heavy atom. The van der Waals surface area contributed by atoms with Crippen LogP contribution in [0.5, 0.6) is 0 Å². The van der Waals surface area contributed by atoms with Gasteiger partial charge in [-0.15, -0.1) is 5.10 Å². The van der Waals surface area contributed by atoms with Gasteiger partial charge >= 0.3 is 0 Å². The van der Waals surface area contributed by atoms with E-state index in [-0.39, 0.29) is 16.7 Å². The van der Waals surface area contributed by atoms with Crippen molar-refractivity contribution in [2.45, 2.75) is 50.9 Å². The minimum atomic E-state index is -0.102. The smallest absolute Gasteiger partial charge is 0.181 e. The van der Waals surface area contributed by atoms with Gasteiger partial charge in [0.05, 0.1) is 28.4 Å². The van der Waals surface area contributed by atoms with E-state index in [0.29, 0.717) is 0 Å². The Labute approximate surface area is 323 Å². The fourth-order valence-corrected chi connectivity index (χ4v) is 9.05. The van der Waals surface area contributed by atoms with Crippen molar-refractivity contribution in [2.75, 3.05) is 9.80 Å². The van der Waals surface area contributed by atoms with Crippen molar-refractivity contribution in [3.63, 3.8) is 0 Å². The number of hydrogen-bond acceptors (Lipinski definition) is 4. The normalized spacial score (nSPS) is 17.3. The third kappa shape index (κ3) is 5.21. The van der Waals surface area contributed by atoms with Gasteiger partial charge in [-0.1, -0.05) is 125 Å². The molecule has 2 aliphatic heterocycles. The summed E-state index contributed by atoms with van der Waals surface area (Å²) in [6.07, 6.45) is 9.56. The minimum absolute atomic E-state index is 0.0998. The Hall–Kier alpha value is -6.46. The lowest BCUT2D eigenvalue weighted by molar-refractivity contribution is 0.631. The van der Waals surface area contributed by atoms with Gasteiger partial charge in [0.15, 0.2) is 5.82 Å². The Balaban J connectivity index is 1.02. The van der Waals surface area contributed by atoms with Crippen molar-refractivity contribution in [1.29, 1.82) is 0 Å². The van der Waals surface area contributed by atoms with Crippen LogP contribution < -0.4 is 9.80 Å². The third-order valence-electron chi connectivity index (χ3n) is 12.0.